The zero-order chi connectivity index (χ0) is 25.7. The molecule has 9 heteroatoms. The van der Waals surface area contributed by atoms with E-state index in [1.54, 1.807) is 0 Å². The number of carbonyl (C=O) groups is 2. The van der Waals surface area contributed by atoms with Gasteiger partial charge in [0.25, 0.3) is 0 Å². The van der Waals surface area contributed by atoms with E-state index in [4.69, 9.17) is 31.4 Å². The zero-order valence-electron chi connectivity index (χ0n) is 20.0. The molecule has 0 amide bonds. The highest BCUT2D eigenvalue weighted by Gasteiger charge is 2.23. The molecule has 5 rings (SSSR count). The minimum atomic E-state index is -1.82. The topological polar surface area (TPSA) is 111 Å². The molecule has 1 aliphatic rings. The van der Waals surface area contributed by atoms with Gasteiger partial charge in [0.05, 0.1) is 11.9 Å². The number of para-hydroxylation sites is 1. The molecule has 0 saturated carbocycles. The van der Waals surface area contributed by atoms with E-state index in [2.05, 4.69) is 70.7 Å². The fraction of sp³-hybridized carbons (Fsp3) is 0.296. The summed E-state index contributed by atoms with van der Waals surface area (Å²) in [6, 6.07) is 14.5. The van der Waals surface area contributed by atoms with Gasteiger partial charge in [0, 0.05) is 34.9 Å². The second-order valence-electron chi connectivity index (χ2n) is 8.99. The molecule has 3 heterocycles. The Morgan fingerprint density at radius 2 is 1.83 bits per heavy atom. The van der Waals surface area contributed by atoms with Crippen LogP contribution in [0.25, 0.3) is 16.6 Å². The Balaban J connectivity index is 0.000000455. The maximum absolute atomic E-state index is 9.10. The molecule has 2 aromatic heterocycles. The molecule has 3 N–H and O–H groups in total. The molecule has 0 bridgehead atoms. The highest BCUT2D eigenvalue weighted by Crippen LogP contribution is 2.34. The van der Waals surface area contributed by atoms with Gasteiger partial charge in [0.1, 0.15) is 0 Å². The fourth-order valence-electron chi connectivity index (χ4n) is 4.65. The van der Waals surface area contributed by atoms with Crippen molar-refractivity contribution in [3.63, 3.8) is 0 Å². The summed E-state index contributed by atoms with van der Waals surface area (Å²) in [4.78, 5) is 24.2. The third-order valence-electron chi connectivity index (χ3n) is 6.60. The molecule has 0 radical (unpaired) electrons. The lowest BCUT2D eigenvalue weighted by atomic mass is 9.89. The largest absolute Gasteiger partial charge is 0.473 e. The average molecular weight is 509 g/mol. The molecule has 1 saturated heterocycles. The summed E-state index contributed by atoms with van der Waals surface area (Å²) in [6.07, 6.45) is 9.80. The standard InChI is InChI=1S/C25H27ClN4.C2H2O4/c1-18-4-2-3-5-25(18)30-17-19(15-28-30)8-11-29-12-9-20(10-13-29)23-16-27-24-7-6-21(26)14-22(23)24;3-1(4)2(5)6/h2-7,14-17,20,27H,8-13H2,1H3;(H,3,4)(H,5,6). The maximum atomic E-state index is 9.10. The number of piperidine rings is 1. The number of hydrogen-bond acceptors (Lipinski definition) is 4. The average Bonchev–Trinajstić information content (AvgIpc) is 3.51. The lowest BCUT2D eigenvalue weighted by Gasteiger charge is -2.31. The van der Waals surface area contributed by atoms with Crippen LogP contribution in [0.15, 0.2) is 61.1 Å². The number of carboxylic acid groups (broad SMARTS) is 2. The first-order valence-corrected chi connectivity index (χ1v) is 12.2. The van der Waals surface area contributed by atoms with E-state index in [1.807, 2.05) is 16.9 Å². The van der Waals surface area contributed by atoms with Crippen LogP contribution in [-0.4, -0.2) is 61.5 Å². The predicted molar refractivity (Wildman–Crippen MR) is 139 cm³/mol. The summed E-state index contributed by atoms with van der Waals surface area (Å²) in [5.74, 6) is -3.04. The normalized spacial score (nSPS) is 14.4. The molecule has 36 heavy (non-hydrogen) atoms. The Bertz CT molecular complexity index is 1340. The van der Waals surface area contributed by atoms with Crippen LogP contribution in [0.2, 0.25) is 5.02 Å². The number of fused-ring (bicyclic) bond motifs is 1. The van der Waals surface area contributed by atoms with Gasteiger partial charge in [-0.3, -0.25) is 0 Å². The summed E-state index contributed by atoms with van der Waals surface area (Å²) >= 11 is 6.23. The fourth-order valence-corrected chi connectivity index (χ4v) is 4.82. The van der Waals surface area contributed by atoms with Crippen LogP contribution in [0.5, 0.6) is 0 Å². The number of nitrogens with one attached hydrogen (secondary N) is 1. The van der Waals surface area contributed by atoms with Gasteiger partial charge in [-0.2, -0.15) is 5.10 Å². The Kier molecular flexibility index (Phi) is 8.07. The Morgan fingerprint density at radius 1 is 1.11 bits per heavy atom. The van der Waals surface area contributed by atoms with Gasteiger partial charge in [-0.05, 0) is 86.1 Å². The summed E-state index contributed by atoms with van der Waals surface area (Å²) in [7, 11) is 0. The van der Waals surface area contributed by atoms with E-state index in [-0.39, 0.29) is 0 Å². The van der Waals surface area contributed by atoms with Gasteiger partial charge in [0.15, 0.2) is 0 Å². The number of rotatable bonds is 5. The molecule has 1 fully saturated rings. The number of aromatic amines is 1. The lowest BCUT2D eigenvalue weighted by Crippen LogP contribution is -2.34. The summed E-state index contributed by atoms with van der Waals surface area (Å²) < 4.78 is 2.00. The van der Waals surface area contributed by atoms with Crippen molar-refractivity contribution in [2.45, 2.75) is 32.1 Å². The van der Waals surface area contributed by atoms with Crippen molar-refractivity contribution >= 4 is 34.4 Å². The molecular weight excluding hydrogens is 480 g/mol. The van der Waals surface area contributed by atoms with Crippen molar-refractivity contribution in [1.29, 1.82) is 0 Å². The number of halogens is 1. The predicted octanol–water partition coefficient (Wildman–Crippen LogP) is 4.89. The van der Waals surface area contributed by atoms with Crippen LogP contribution in [0, 0.1) is 6.92 Å². The Morgan fingerprint density at radius 3 is 2.53 bits per heavy atom. The number of likely N-dealkylation sites (tertiary alicyclic amines) is 1. The molecule has 2 aromatic carbocycles. The molecule has 1 aliphatic heterocycles. The quantitative estimate of drug-likeness (QED) is 0.331. The second kappa shape index (κ2) is 11.4. The van der Waals surface area contributed by atoms with E-state index >= 15 is 0 Å². The Hall–Kier alpha value is -3.62. The highest BCUT2D eigenvalue weighted by molar-refractivity contribution is 6.31. The number of H-pyrrole nitrogens is 1. The van der Waals surface area contributed by atoms with Crippen LogP contribution in [0.3, 0.4) is 0 Å². The minimum Gasteiger partial charge on any atom is -0.473 e. The summed E-state index contributed by atoms with van der Waals surface area (Å²) in [6.45, 7) is 5.50. The molecule has 0 spiro atoms. The van der Waals surface area contributed by atoms with Crippen molar-refractivity contribution in [1.82, 2.24) is 19.7 Å². The van der Waals surface area contributed by atoms with Gasteiger partial charge < -0.3 is 20.1 Å². The number of aryl methyl sites for hydroxylation is 1. The highest BCUT2D eigenvalue weighted by atomic mass is 35.5. The van der Waals surface area contributed by atoms with Gasteiger partial charge in [0.2, 0.25) is 0 Å². The lowest BCUT2D eigenvalue weighted by molar-refractivity contribution is -0.159. The van der Waals surface area contributed by atoms with E-state index < -0.39 is 11.9 Å². The SMILES string of the molecule is Cc1ccccc1-n1cc(CCN2CCC(c3c[nH]c4ccc(Cl)cc34)CC2)cn1.O=C(O)C(=O)O. The van der Waals surface area contributed by atoms with Gasteiger partial charge >= 0.3 is 11.9 Å². The third-order valence-corrected chi connectivity index (χ3v) is 6.84. The van der Waals surface area contributed by atoms with E-state index in [9.17, 15) is 0 Å². The van der Waals surface area contributed by atoms with Crippen molar-refractivity contribution in [2.24, 2.45) is 0 Å². The molecule has 0 unspecified atom stereocenters. The third kappa shape index (κ3) is 6.13. The first-order chi connectivity index (χ1) is 17.3. The van der Waals surface area contributed by atoms with Crippen molar-refractivity contribution < 1.29 is 19.8 Å². The van der Waals surface area contributed by atoms with Crippen LogP contribution < -0.4 is 0 Å². The molecule has 188 valence electrons. The minimum absolute atomic E-state index is 0.609. The van der Waals surface area contributed by atoms with Gasteiger partial charge in [-0.15, -0.1) is 0 Å². The molecule has 0 atom stereocenters. The van der Waals surface area contributed by atoms with E-state index in [0.717, 1.165) is 36.8 Å². The van der Waals surface area contributed by atoms with Crippen LogP contribution in [0.4, 0.5) is 0 Å². The number of aliphatic carboxylic acids is 2. The first-order valence-electron chi connectivity index (χ1n) is 11.9. The van der Waals surface area contributed by atoms with Gasteiger partial charge in [-0.25, -0.2) is 14.3 Å². The number of hydrogen-bond donors (Lipinski definition) is 3. The van der Waals surface area contributed by atoms with E-state index in [0.29, 0.717) is 5.92 Å². The van der Waals surface area contributed by atoms with Crippen LogP contribution in [0.1, 0.15) is 35.4 Å². The Labute approximate surface area is 214 Å². The number of aromatic nitrogens is 3. The maximum Gasteiger partial charge on any atom is 0.414 e. The molecule has 4 aromatic rings. The number of carboxylic acids is 2. The number of nitrogens with zero attached hydrogens (tertiary/aromatic N) is 3. The van der Waals surface area contributed by atoms with Crippen molar-refractivity contribution in [3.8, 4) is 5.69 Å². The van der Waals surface area contributed by atoms with Crippen molar-refractivity contribution in [3.05, 3.63) is 82.8 Å². The molecular formula is C27H29ClN4O4. The second-order valence-corrected chi connectivity index (χ2v) is 9.43. The van der Waals surface area contributed by atoms with Crippen LogP contribution in [-0.2, 0) is 16.0 Å². The smallest absolute Gasteiger partial charge is 0.414 e. The first kappa shape index (κ1) is 25.5. The van der Waals surface area contributed by atoms with Crippen LogP contribution >= 0.6 is 11.6 Å². The molecule has 8 nitrogen and oxygen atoms in total. The summed E-state index contributed by atoms with van der Waals surface area (Å²) in [5.41, 5.74) is 6.30. The van der Waals surface area contributed by atoms with E-state index in [1.165, 1.54) is 40.4 Å². The number of benzene rings is 2. The monoisotopic (exact) mass is 508 g/mol. The van der Waals surface area contributed by atoms with Gasteiger partial charge in [-0.1, -0.05) is 29.8 Å². The zero-order valence-corrected chi connectivity index (χ0v) is 20.8. The van der Waals surface area contributed by atoms with Crippen molar-refractivity contribution in [2.75, 3.05) is 19.6 Å². The molecule has 0 aliphatic carbocycles. The summed E-state index contributed by atoms with van der Waals surface area (Å²) in [5, 5.41) is 21.5.